The standard InChI is InChI=1S/C20H28N2O4/c1-12(2)17(21-18(23)15-7-5-6-13(3)10-15)19(24)22-9-8-16(20(25)26)14(4)11-22/h5-7,10,12,14,16-17H,8-9,11H2,1-4H3,(H,21,23)(H,25,26). The van der Waals surface area contributed by atoms with E-state index in [1.165, 1.54) is 0 Å². The molecule has 1 aromatic carbocycles. The Bertz CT molecular complexity index is 686. The van der Waals surface area contributed by atoms with Gasteiger partial charge in [-0.1, -0.05) is 38.5 Å². The molecule has 0 radical (unpaired) electrons. The molecule has 1 aliphatic heterocycles. The third-order valence-corrected chi connectivity index (χ3v) is 5.03. The zero-order valence-electron chi connectivity index (χ0n) is 15.9. The van der Waals surface area contributed by atoms with Gasteiger partial charge in [0.05, 0.1) is 5.92 Å². The van der Waals surface area contributed by atoms with E-state index in [-0.39, 0.29) is 23.7 Å². The maximum Gasteiger partial charge on any atom is 0.306 e. The second-order valence-corrected chi connectivity index (χ2v) is 7.56. The molecule has 1 fully saturated rings. The maximum absolute atomic E-state index is 13.0. The number of likely N-dealkylation sites (tertiary alicyclic amines) is 1. The third kappa shape index (κ3) is 4.62. The second kappa shape index (κ2) is 8.34. The minimum atomic E-state index is -0.808. The van der Waals surface area contributed by atoms with Gasteiger partial charge in [0.1, 0.15) is 6.04 Å². The number of nitrogens with one attached hydrogen (secondary N) is 1. The molecule has 2 amide bonds. The fraction of sp³-hybridized carbons (Fsp3) is 0.550. The average Bonchev–Trinajstić information content (AvgIpc) is 2.58. The van der Waals surface area contributed by atoms with E-state index in [1.807, 2.05) is 39.8 Å². The van der Waals surface area contributed by atoms with E-state index in [4.69, 9.17) is 0 Å². The van der Waals surface area contributed by atoms with Crippen molar-refractivity contribution in [3.8, 4) is 0 Å². The van der Waals surface area contributed by atoms with Crippen LogP contribution in [0.1, 0.15) is 43.1 Å². The lowest BCUT2D eigenvalue weighted by atomic mass is 9.86. The molecular formula is C20H28N2O4. The lowest BCUT2D eigenvalue weighted by Gasteiger charge is -2.37. The van der Waals surface area contributed by atoms with Gasteiger partial charge in [0, 0.05) is 18.7 Å². The van der Waals surface area contributed by atoms with Gasteiger partial charge < -0.3 is 15.3 Å². The number of rotatable bonds is 5. The number of hydrogen-bond donors (Lipinski definition) is 2. The topological polar surface area (TPSA) is 86.7 Å². The van der Waals surface area contributed by atoms with Crippen molar-refractivity contribution in [3.63, 3.8) is 0 Å². The first kappa shape index (κ1) is 19.9. The summed E-state index contributed by atoms with van der Waals surface area (Å²) in [4.78, 5) is 38.4. The molecule has 0 spiro atoms. The number of carboxylic acids is 1. The number of amides is 2. The number of carboxylic acid groups (broad SMARTS) is 1. The highest BCUT2D eigenvalue weighted by atomic mass is 16.4. The lowest BCUT2D eigenvalue weighted by molar-refractivity contribution is -0.149. The van der Waals surface area contributed by atoms with Crippen molar-refractivity contribution >= 4 is 17.8 Å². The monoisotopic (exact) mass is 360 g/mol. The van der Waals surface area contributed by atoms with Crippen LogP contribution in [0.5, 0.6) is 0 Å². The molecule has 0 saturated carbocycles. The molecule has 142 valence electrons. The maximum atomic E-state index is 13.0. The summed E-state index contributed by atoms with van der Waals surface area (Å²) < 4.78 is 0. The van der Waals surface area contributed by atoms with E-state index in [9.17, 15) is 19.5 Å². The van der Waals surface area contributed by atoms with Crippen LogP contribution in [0.4, 0.5) is 0 Å². The Balaban J connectivity index is 2.08. The van der Waals surface area contributed by atoms with Crippen molar-refractivity contribution in [2.75, 3.05) is 13.1 Å². The fourth-order valence-corrected chi connectivity index (χ4v) is 3.43. The van der Waals surface area contributed by atoms with E-state index in [0.717, 1.165) is 5.56 Å². The molecule has 2 rings (SSSR count). The second-order valence-electron chi connectivity index (χ2n) is 7.56. The van der Waals surface area contributed by atoms with Crippen LogP contribution < -0.4 is 5.32 Å². The van der Waals surface area contributed by atoms with Gasteiger partial charge >= 0.3 is 5.97 Å². The summed E-state index contributed by atoms with van der Waals surface area (Å²) in [5.74, 6) is -1.81. The van der Waals surface area contributed by atoms with Gasteiger partial charge in [-0.15, -0.1) is 0 Å². The molecule has 3 atom stereocenters. The molecule has 0 aliphatic carbocycles. The van der Waals surface area contributed by atoms with Gasteiger partial charge in [-0.3, -0.25) is 14.4 Å². The third-order valence-electron chi connectivity index (χ3n) is 5.03. The number of piperidine rings is 1. The summed E-state index contributed by atoms with van der Waals surface area (Å²) in [6.07, 6.45) is 0.443. The average molecular weight is 360 g/mol. The lowest BCUT2D eigenvalue weighted by Crippen LogP contribution is -2.54. The first-order valence-electron chi connectivity index (χ1n) is 9.09. The Morgan fingerprint density at radius 1 is 1.27 bits per heavy atom. The Labute approximate surface area is 154 Å². The van der Waals surface area contributed by atoms with Crippen molar-refractivity contribution in [2.24, 2.45) is 17.8 Å². The van der Waals surface area contributed by atoms with Crippen LogP contribution in [0, 0.1) is 24.7 Å². The number of hydrogen-bond acceptors (Lipinski definition) is 3. The highest BCUT2D eigenvalue weighted by molar-refractivity contribution is 5.97. The van der Waals surface area contributed by atoms with E-state index >= 15 is 0 Å². The summed E-state index contributed by atoms with van der Waals surface area (Å²) in [6, 6.07) is 6.61. The largest absolute Gasteiger partial charge is 0.481 e. The Kier molecular flexibility index (Phi) is 6.40. The number of aryl methyl sites for hydroxylation is 1. The van der Waals surface area contributed by atoms with Crippen LogP contribution in [0.3, 0.4) is 0 Å². The molecule has 1 saturated heterocycles. The molecule has 2 N–H and O–H groups in total. The summed E-state index contributed by atoms with van der Waals surface area (Å²) >= 11 is 0. The van der Waals surface area contributed by atoms with E-state index in [0.29, 0.717) is 25.1 Å². The van der Waals surface area contributed by atoms with Crippen molar-refractivity contribution in [1.82, 2.24) is 10.2 Å². The normalized spacial score (nSPS) is 21.3. The highest BCUT2D eigenvalue weighted by Crippen LogP contribution is 2.24. The summed E-state index contributed by atoms with van der Waals surface area (Å²) in [5, 5.41) is 12.1. The minimum absolute atomic E-state index is 0.0660. The van der Waals surface area contributed by atoms with E-state index < -0.39 is 17.9 Å². The van der Waals surface area contributed by atoms with Gasteiger partial charge in [0.15, 0.2) is 0 Å². The Morgan fingerprint density at radius 2 is 1.96 bits per heavy atom. The zero-order valence-corrected chi connectivity index (χ0v) is 15.9. The van der Waals surface area contributed by atoms with Gasteiger partial charge in [0.2, 0.25) is 5.91 Å². The molecule has 1 heterocycles. The zero-order chi connectivity index (χ0) is 19.4. The van der Waals surface area contributed by atoms with E-state index in [2.05, 4.69) is 5.32 Å². The van der Waals surface area contributed by atoms with Gasteiger partial charge in [-0.05, 0) is 37.3 Å². The fourth-order valence-electron chi connectivity index (χ4n) is 3.43. The summed E-state index contributed by atoms with van der Waals surface area (Å²) in [7, 11) is 0. The molecule has 26 heavy (non-hydrogen) atoms. The molecule has 1 aliphatic rings. The van der Waals surface area contributed by atoms with E-state index in [1.54, 1.807) is 17.0 Å². The van der Waals surface area contributed by atoms with Crippen LogP contribution in [0.15, 0.2) is 24.3 Å². The Morgan fingerprint density at radius 3 is 2.50 bits per heavy atom. The molecule has 0 bridgehead atoms. The minimum Gasteiger partial charge on any atom is -0.481 e. The predicted octanol–water partition coefficient (Wildman–Crippen LogP) is 2.32. The van der Waals surface area contributed by atoms with Crippen molar-refractivity contribution in [1.29, 1.82) is 0 Å². The van der Waals surface area contributed by atoms with Gasteiger partial charge in [-0.2, -0.15) is 0 Å². The molecular weight excluding hydrogens is 332 g/mol. The molecule has 0 aromatic heterocycles. The summed E-state index contributed by atoms with van der Waals surface area (Å²) in [5.41, 5.74) is 1.51. The van der Waals surface area contributed by atoms with Gasteiger partial charge in [-0.25, -0.2) is 0 Å². The first-order chi connectivity index (χ1) is 12.2. The quantitative estimate of drug-likeness (QED) is 0.844. The van der Waals surface area contributed by atoms with Crippen molar-refractivity contribution in [3.05, 3.63) is 35.4 Å². The van der Waals surface area contributed by atoms with Crippen LogP contribution in [-0.2, 0) is 9.59 Å². The number of nitrogens with zero attached hydrogens (tertiary/aromatic N) is 1. The molecule has 1 aromatic rings. The SMILES string of the molecule is Cc1cccc(C(=O)NC(C(=O)N2CCC(C(=O)O)C(C)C2)C(C)C)c1. The summed E-state index contributed by atoms with van der Waals surface area (Å²) in [6.45, 7) is 8.37. The predicted molar refractivity (Wildman–Crippen MR) is 98.8 cm³/mol. The Hall–Kier alpha value is -2.37. The number of carbonyl (C=O) groups is 3. The van der Waals surface area contributed by atoms with Crippen LogP contribution in [0.25, 0.3) is 0 Å². The molecule has 6 nitrogen and oxygen atoms in total. The highest BCUT2D eigenvalue weighted by Gasteiger charge is 2.36. The van der Waals surface area contributed by atoms with Crippen molar-refractivity contribution in [2.45, 2.75) is 40.2 Å². The van der Waals surface area contributed by atoms with Crippen LogP contribution in [-0.4, -0.2) is 46.9 Å². The first-order valence-corrected chi connectivity index (χ1v) is 9.09. The number of carbonyl (C=O) groups excluding carboxylic acids is 2. The number of benzene rings is 1. The molecule has 3 unspecified atom stereocenters. The number of aliphatic carboxylic acids is 1. The van der Waals surface area contributed by atoms with Gasteiger partial charge in [0.25, 0.3) is 5.91 Å². The smallest absolute Gasteiger partial charge is 0.306 e. The molecule has 6 heteroatoms. The van der Waals surface area contributed by atoms with Crippen LogP contribution in [0.2, 0.25) is 0 Å². The van der Waals surface area contributed by atoms with Crippen LogP contribution >= 0.6 is 0 Å². The van der Waals surface area contributed by atoms with Crippen molar-refractivity contribution < 1.29 is 19.5 Å².